The van der Waals surface area contributed by atoms with Crippen LogP contribution in [0.5, 0.6) is 0 Å². The molecule has 0 aliphatic carbocycles. The van der Waals surface area contributed by atoms with Gasteiger partial charge in [0.1, 0.15) is 0 Å². The van der Waals surface area contributed by atoms with Gasteiger partial charge in [0.2, 0.25) is 5.91 Å². The van der Waals surface area contributed by atoms with Crippen LogP contribution in [0.25, 0.3) is 0 Å². The van der Waals surface area contributed by atoms with E-state index < -0.39 is 24.4 Å². The molecule has 1 saturated heterocycles. The normalized spacial score (nSPS) is 17.0. The van der Waals surface area contributed by atoms with Gasteiger partial charge in [0.05, 0.1) is 5.92 Å². The lowest BCUT2D eigenvalue weighted by Crippen LogP contribution is -2.46. The molecule has 136 valence electrons. The minimum atomic E-state index is -4.43. The molecule has 2 rings (SSSR count). The van der Waals surface area contributed by atoms with Crippen molar-refractivity contribution in [3.63, 3.8) is 0 Å². The summed E-state index contributed by atoms with van der Waals surface area (Å²) in [5.41, 5.74) is 0.122. The second kappa shape index (κ2) is 9.86. The third-order valence-electron chi connectivity index (χ3n) is 3.95. The van der Waals surface area contributed by atoms with Crippen molar-refractivity contribution in [2.75, 3.05) is 39.3 Å². The maximum atomic E-state index is 13.2. The first kappa shape index (κ1) is 20.7. The SMILES string of the molecule is Cl.O=C(CC(c1ccccc1)C(F)(F)F)NCCN1CCNCC1. The van der Waals surface area contributed by atoms with E-state index in [2.05, 4.69) is 15.5 Å². The number of halogens is 4. The van der Waals surface area contributed by atoms with Crippen molar-refractivity contribution in [2.24, 2.45) is 0 Å². The van der Waals surface area contributed by atoms with Crippen LogP contribution in [0.3, 0.4) is 0 Å². The minimum absolute atomic E-state index is 0. The Kier molecular flexibility index (Phi) is 8.52. The summed E-state index contributed by atoms with van der Waals surface area (Å²) in [6, 6.07) is 7.58. The third-order valence-corrected chi connectivity index (χ3v) is 3.95. The average Bonchev–Trinajstić information content (AvgIpc) is 2.53. The third kappa shape index (κ3) is 6.67. The highest BCUT2D eigenvalue weighted by molar-refractivity contribution is 5.85. The Balaban J connectivity index is 0.00000288. The lowest BCUT2D eigenvalue weighted by Gasteiger charge is -2.27. The molecule has 1 aromatic rings. The predicted molar refractivity (Wildman–Crippen MR) is 89.4 cm³/mol. The molecule has 0 aromatic heterocycles. The van der Waals surface area contributed by atoms with Gasteiger partial charge in [-0.2, -0.15) is 13.2 Å². The molecule has 0 bridgehead atoms. The van der Waals surface area contributed by atoms with Crippen LogP contribution in [0.2, 0.25) is 0 Å². The highest BCUT2D eigenvalue weighted by atomic mass is 35.5. The van der Waals surface area contributed by atoms with E-state index >= 15 is 0 Å². The second-order valence-electron chi connectivity index (χ2n) is 5.65. The largest absolute Gasteiger partial charge is 0.396 e. The maximum Gasteiger partial charge on any atom is 0.396 e. The minimum Gasteiger partial charge on any atom is -0.355 e. The van der Waals surface area contributed by atoms with E-state index in [0.717, 1.165) is 26.2 Å². The fourth-order valence-corrected chi connectivity index (χ4v) is 2.65. The second-order valence-corrected chi connectivity index (χ2v) is 5.65. The molecule has 1 aliphatic heterocycles. The fraction of sp³-hybridized carbons (Fsp3) is 0.562. The van der Waals surface area contributed by atoms with Gasteiger partial charge in [0.25, 0.3) is 0 Å². The van der Waals surface area contributed by atoms with Gasteiger partial charge in [-0.15, -0.1) is 12.4 Å². The molecule has 1 heterocycles. The zero-order chi connectivity index (χ0) is 16.7. The first-order chi connectivity index (χ1) is 11.0. The van der Waals surface area contributed by atoms with Crippen LogP contribution >= 0.6 is 12.4 Å². The molecule has 0 radical (unpaired) electrons. The molecular weight excluding hydrogens is 343 g/mol. The summed E-state index contributed by atoms with van der Waals surface area (Å²) in [6.45, 7) is 4.62. The van der Waals surface area contributed by atoms with Gasteiger partial charge in [-0.1, -0.05) is 30.3 Å². The molecule has 4 nitrogen and oxygen atoms in total. The predicted octanol–water partition coefficient (Wildman–Crippen LogP) is 2.17. The van der Waals surface area contributed by atoms with E-state index in [0.29, 0.717) is 13.1 Å². The van der Waals surface area contributed by atoms with E-state index in [1.165, 1.54) is 12.1 Å². The van der Waals surface area contributed by atoms with Crippen LogP contribution in [0, 0.1) is 0 Å². The Morgan fingerprint density at radius 2 is 1.83 bits per heavy atom. The topological polar surface area (TPSA) is 44.4 Å². The van der Waals surface area contributed by atoms with Gasteiger partial charge in [-0.05, 0) is 5.56 Å². The molecule has 0 spiro atoms. The number of piperazine rings is 1. The molecule has 24 heavy (non-hydrogen) atoms. The van der Waals surface area contributed by atoms with Crippen molar-refractivity contribution < 1.29 is 18.0 Å². The quantitative estimate of drug-likeness (QED) is 0.812. The lowest BCUT2D eigenvalue weighted by atomic mass is 9.95. The maximum absolute atomic E-state index is 13.2. The van der Waals surface area contributed by atoms with Gasteiger partial charge in [-0.25, -0.2) is 0 Å². The number of benzene rings is 1. The van der Waals surface area contributed by atoms with Gasteiger partial charge in [0, 0.05) is 45.7 Å². The highest BCUT2D eigenvalue weighted by Crippen LogP contribution is 2.37. The Morgan fingerprint density at radius 3 is 2.42 bits per heavy atom. The summed E-state index contributed by atoms with van der Waals surface area (Å²) in [4.78, 5) is 14.0. The van der Waals surface area contributed by atoms with Gasteiger partial charge in [0.15, 0.2) is 0 Å². The fourth-order valence-electron chi connectivity index (χ4n) is 2.65. The van der Waals surface area contributed by atoms with E-state index in [1.807, 2.05) is 0 Å². The number of carbonyl (C=O) groups is 1. The van der Waals surface area contributed by atoms with Crippen molar-refractivity contribution >= 4 is 18.3 Å². The number of nitrogens with zero attached hydrogens (tertiary/aromatic N) is 1. The summed E-state index contributed by atoms with van der Waals surface area (Å²) in [5, 5.41) is 5.82. The first-order valence-electron chi connectivity index (χ1n) is 7.78. The molecule has 1 aliphatic rings. The molecule has 1 aromatic carbocycles. The molecule has 2 N–H and O–H groups in total. The van der Waals surface area contributed by atoms with Crippen molar-refractivity contribution in [3.8, 4) is 0 Å². The number of alkyl halides is 3. The molecule has 1 amide bonds. The lowest BCUT2D eigenvalue weighted by molar-refractivity contribution is -0.157. The molecule has 8 heteroatoms. The number of amides is 1. The zero-order valence-electron chi connectivity index (χ0n) is 13.3. The van der Waals surface area contributed by atoms with Crippen molar-refractivity contribution in [2.45, 2.75) is 18.5 Å². The summed E-state index contributed by atoms with van der Waals surface area (Å²) < 4.78 is 39.6. The van der Waals surface area contributed by atoms with Crippen molar-refractivity contribution in [1.29, 1.82) is 0 Å². The Hall–Kier alpha value is -1.31. The van der Waals surface area contributed by atoms with Crippen LogP contribution in [-0.2, 0) is 4.79 Å². The molecule has 1 fully saturated rings. The first-order valence-corrected chi connectivity index (χ1v) is 7.78. The van der Waals surface area contributed by atoms with Crippen LogP contribution < -0.4 is 10.6 Å². The Labute approximate surface area is 146 Å². The summed E-state index contributed by atoms with van der Waals surface area (Å²) in [5.74, 6) is -2.32. The molecule has 1 unspecified atom stereocenters. The number of nitrogens with one attached hydrogen (secondary N) is 2. The van der Waals surface area contributed by atoms with Gasteiger partial charge < -0.3 is 10.6 Å². The summed E-state index contributed by atoms with van der Waals surface area (Å²) in [6.07, 6.45) is -5.01. The number of hydrogen-bond acceptors (Lipinski definition) is 3. The molecular formula is C16H23ClF3N3O. The summed E-state index contributed by atoms with van der Waals surface area (Å²) in [7, 11) is 0. The van der Waals surface area contributed by atoms with Crippen LogP contribution in [0.1, 0.15) is 17.9 Å². The van der Waals surface area contributed by atoms with E-state index in [-0.39, 0.29) is 18.0 Å². The van der Waals surface area contributed by atoms with Gasteiger partial charge in [-0.3, -0.25) is 9.69 Å². The number of hydrogen-bond donors (Lipinski definition) is 2. The van der Waals surface area contributed by atoms with E-state index in [4.69, 9.17) is 0 Å². The standard InChI is InChI=1S/C16H22F3N3O.ClH/c17-16(18,19)14(13-4-2-1-3-5-13)12-15(23)21-8-11-22-9-6-20-7-10-22;/h1-5,14,20H,6-12H2,(H,21,23);1H. The summed E-state index contributed by atoms with van der Waals surface area (Å²) >= 11 is 0. The molecule has 0 saturated carbocycles. The van der Waals surface area contributed by atoms with Gasteiger partial charge >= 0.3 is 6.18 Å². The van der Waals surface area contributed by atoms with Crippen molar-refractivity contribution in [1.82, 2.24) is 15.5 Å². The number of carbonyl (C=O) groups excluding carboxylic acids is 1. The highest BCUT2D eigenvalue weighted by Gasteiger charge is 2.41. The van der Waals surface area contributed by atoms with E-state index in [9.17, 15) is 18.0 Å². The average molecular weight is 366 g/mol. The Bertz CT molecular complexity index is 493. The smallest absolute Gasteiger partial charge is 0.355 e. The monoisotopic (exact) mass is 365 g/mol. The number of rotatable bonds is 6. The van der Waals surface area contributed by atoms with E-state index in [1.54, 1.807) is 18.2 Å². The molecule has 1 atom stereocenters. The van der Waals surface area contributed by atoms with Crippen LogP contribution in [-0.4, -0.2) is 56.3 Å². The zero-order valence-corrected chi connectivity index (χ0v) is 14.1. The van der Waals surface area contributed by atoms with Crippen LogP contribution in [0.4, 0.5) is 13.2 Å². The Morgan fingerprint density at radius 1 is 1.21 bits per heavy atom. The van der Waals surface area contributed by atoms with Crippen LogP contribution in [0.15, 0.2) is 30.3 Å². The van der Waals surface area contributed by atoms with Crippen molar-refractivity contribution in [3.05, 3.63) is 35.9 Å².